The van der Waals surface area contributed by atoms with Gasteiger partial charge in [0.15, 0.2) is 0 Å². The molecule has 0 aromatic rings. The number of hydrogen-bond donors (Lipinski definition) is 0. The van der Waals surface area contributed by atoms with Gasteiger partial charge in [0.25, 0.3) is 0 Å². The van der Waals surface area contributed by atoms with E-state index in [1.807, 2.05) is 0 Å². The van der Waals surface area contributed by atoms with Crippen LogP contribution in [0.15, 0.2) is 5.11 Å². The van der Waals surface area contributed by atoms with Crippen LogP contribution >= 0.6 is 0 Å². The Labute approximate surface area is 97.6 Å². The fraction of sp³-hybridized carbons (Fsp3) is 1.00. The number of piperidine rings is 1. The highest BCUT2D eigenvalue weighted by molar-refractivity contribution is 4.83. The summed E-state index contributed by atoms with van der Waals surface area (Å²) in [5.41, 5.74) is 8.20. The molecule has 2 fully saturated rings. The molecule has 90 valence electrons. The van der Waals surface area contributed by atoms with E-state index < -0.39 is 0 Å². The maximum atomic E-state index is 8.20. The zero-order valence-electron chi connectivity index (χ0n) is 10.0. The summed E-state index contributed by atoms with van der Waals surface area (Å²) in [5.74, 6) is 1.98. The lowest BCUT2D eigenvalue weighted by atomic mass is 9.75. The molecule has 0 bridgehead atoms. The SMILES string of the molecule is [N-]=[N+]=NCCCN1CCC2CCCCC2C1. The first kappa shape index (κ1) is 11.7. The van der Waals surface area contributed by atoms with Crippen LogP contribution in [0.5, 0.6) is 0 Å². The average Bonchev–Trinajstić information content (AvgIpc) is 2.34. The van der Waals surface area contributed by atoms with Gasteiger partial charge < -0.3 is 4.90 Å². The van der Waals surface area contributed by atoms with Gasteiger partial charge in [-0.15, -0.1) is 0 Å². The average molecular weight is 222 g/mol. The summed E-state index contributed by atoms with van der Waals surface area (Å²) in [5, 5.41) is 3.59. The third-order valence-electron chi connectivity index (χ3n) is 4.17. The Morgan fingerprint density at radius 2 is 2.00 bits per heavy atom. The number of rotatable bonds is 4. The van der Waals surface area contributed by atoms with Crippen molar-refractivity contribution in [1.29, 1.82) is 0 Å². The minimum Gasteiger partial charge on any atom is -0.303 e. The van der Waals surface area contributed by atoms with Gasteiger partial charge in [0, 0.05) is 18.0 Å². The molecular formula is C12H22N4. The standard InChI is InChI=1S/C12H22N4/c13-15-14-7-3-8-16-9-6-11-4-1-2-5-12(11)10-16/h11-12H,1-10H2. The normalized spacial score (nSPS) is 30.5. The summed E-state index contributed by atoms with van der Waals surface area (Å²) >= 11 is 0. The second kappa shape index (κ2) is 6.12. The van der Waals surface area contributed by atoms with E-state index in [1.54, 1.807) is 0 Å². The molecule has 16 heavy (non-hydrogen) atoms. The zero-order chi connectivity index (χ0) is 11.2. The molecule has 1 heterocycles. The van der Waals surface area contributed by atoms with E-state index in [0.717, 1.165) is 24.8 Å². The summed E-state index contributed by atoms with van der Waals surface area (Å²) in [7, 11) is 0. The van der Waals surface area contributed by atoms with Gasteiger partial charge in [-0.3, -0.25) is 0 Å². The number of hydrogen-bond acceptors (Lipinski definition) is 2. The van der Waals surface area contributed by atoms with Crippen LogP contribution in [-0.4, -0.2) is 31.1 Å². The molecule has 2 unspecified atom stereocenters. The molecule has 1 saturated carbocycles. The molecule has 2 aliphatic rings. The molecule has 4 heteroatoms. The topological polar surface area (TPSA) is 52.0 Å². The van der Waals surface area contributed by atoms with E-state index in [4.69, 9.17) is 5.53 Å². The first-order valence-corrected chi connectivity index (χ1v) is 6.63. The van der Waals surface area contributed by atoms with Gasteiger partial charge in [-0.05, 0) is 49.7 Å². The van der Waals surface area contributed by atoms with Crippen LogP contribution in [0.25, 0.3) is 10.4 Å². The van der Waals surface area contributed by atoms with Gasteiger partial charge >= 0.3 is 0 Å². The molecule has 0 amide bonds. The van der Waals surface area contributed by atoms with E-state index in [-0.39, 0.29) is 0 Å². The van der Waals surface area contributed by atoms with Crippen molar-refractivity contribution in [2.75, 3.05) is 26.2 Å². The lowest BCUT2D eigenvalue weighted by molar-refractivity contribution is 0.0866. The van der Waals surface area contributed by atoms with E-state index in [9.17, 15) is 0 Å². The summed E-state index contributed by atoms with van der Waals surface area (Å²) in [6.45, 7) is 4.32. The van der Waals surface area contributed by atoms with Crippen LogP contribution in [0.4, 0.5) is 0 Å². The van der Waals surface area contributed by atoms with Gasteiger partial charge in [-0.1, -0.05) is 24.4 Å². The summed E-state index contributed by atoms with van der Waals surface area (Å²) in [4.78, 5) is 5.36. The fourth-order valence-electron chi connectivity index (χ4n) is 3.29. The Kier molecular flexibility index (Phi) is 4.49. The van der Waals surface area contributed by atoms with E-state index >= 15 is 0 Å². The minimum absolute atomic E-state index is 0.654. The maximum Gasteiger partial charge on any atom is 0.0270 e. The van der Waals surface area contributed by atoms with Gasteiger partial charge in [0.05, 0.1) is 0 Å². The van der Waals surface area contributed by atoms with Crippen LogP contribution in [-0.2, 0) is 0 Å². The highest BCUT2D eigenvalue weighted by Gasteiger charge is 2.30. The predicted molar refractivity (Wildman–Crippen MR) is 65.1 cm³/mol. The van der Waals surface area contributed by atoms with Crippen molar-refractivity contribution in [3.8, 4) is 0 Å². The van der Waals surface area contributed by atoms with E-state index in [0.29, 0.717) is 6.54 Å². The second-order valence-electron chi connectivity index (χ2n) is 5.20. The summed E-state index contributed by atoms with van der Waals surface area (Å²) < 4.78 is 0. The molecule has 1 aliphatic heterocycles. The van der Waals surface area contributed by atoms with Crippen molar-refractivity contribution in [2.45, 2.75) is 38.5 Å². The molecule has 0 N–H and O–H groups in total. The molecule has 1 aliphatic carbocycles. The molecule has 0 aromatic heterocycles. The van der Waals surface area contributed by atoms with Gasteiger partial charge in [0.1, 0.15) is 0 Å². The predicted octanol–water partition coefficient (Wildman–Crippen LogP) is 3.20. The molecule has 2 rings (SSSR count). The Morgan fingerprint density at radius 1 is 1.19 bits per heavy atom. The van der Waals surface area contributed by atoms with Crippen LogP contribution in [0.1, 0.15) is 38.5 Å². The Hall–Kier alpha value is -0.730. The van der Waals surface area contributed by atoms with Crippen molar-refractivity contribution in [2.24, 2.45) is 17.0 Å². The van der Waals surface area contributed by atoms with Crippen LogP contribution in [0.2, 0.25) is 0 Å². The van der Waals surface area contributed by atoms with Crippen molar-refractivity contribution in [1.82, 2.24) is 4.90 Å². The Balaban J connectivity index is 1.70. The molecule has 4 nitrogen and oxygen atoms in total. The smallest absolute Gasteiger partial charge is 0.0270 e. The minimum atomic E-state index is 0.654. The third-order valence-corrected chi connectivity index (χ3v) is 4.17. The fourth-order valence-corrected chi connectivity index (χ4v) is 3.29. The molecular weight excluding hydrogens is 200 g/mol. The van der Waals surface area contributed by atoms with Gasteiger partial charge in [0.2, 0.25) is 0 Å². The lowest BCUT2D eigenvalue weighted by Gasteiger charge is -2.41. The quantitative estimate of drug-likeness (QED) is 0.312. The number of azide groups is 1. The molecule has 0 radical (unpaired) electrons. The number of likely N-dealkylation sites (tertiary alicyclic amines) is 1. The molecule has 2 atom stereocenters. The Bertz CT molecular complexity index is 260. The molecule has 0 aromatic carbocycles. The highest BCUT2D eigenvalue weighted by atomic mass is 15.1. The van der Waals surface area contributed by atoms with Gasteiger partial charge in [-0.2, -0.15) is 0 Å². The zero-order valence-corrected chi connectivity index (χ0v) is 10.0. The van der Waals surface area contributed by atoms with Crippen LogP contribution in [0.3, 0.4) is 0 Å². The van der Waals surface area contributed by atoms with Crippen molar-refractivity contribution in [3.63, 3.8) is 0 Å². The van der Waals surface area contributed by atoms with Gasteiger partial charge in [-0.25, -0.2) is 0 Å². The van der Waals surface area contributed by atoms with Crippen molar-refractivity contribution >= 4 is 0 Å². The van der Waals surface area contributed by atoms with Crippen molar-refractivity contribution in [3.05, 3.63) is 10.4 Å². The monoisotopic (exact) mass is 222 g/mol. The molecule has 0 spiro atoms. The van der Waals surface area contributed by atoms with Crippen LogP contribution < -0.4 is 0 Å². The number of nitrogens with zero attached hydrogens (tertiary/aromatic N) is 4. The second-order valence-corrected chi connectivity index (χ2v) is 5.20. The first-order chi connectivity index (χ1) is 7.90. The maximum absolute atomic E-state index is 8.20. The van der Waals surface area contributed by atoms with Crippen LogP contribution in [0, 0.1) is 11.8 Å². The highest BCUT2D eigenvalue weighted by Crippen LogP contribution is 2.35. The number of fused-ring (bicyclic) bond motifs is 1. The van der Waals surface area contributed by atoms with E-state index in [2.05, 4.69) is 14.9 Å². The molecule has 1 saturated heterocycles. The largest absolute Gasteiger partial charge is 0.303 e. The summed E-state index contributed by atoms with van der Waals surface area (Å²) in [6.07, 6.45) is 8.22. The van der Waals surface area contributed by atoms with E-state index in [1.165, 1.54) is 45.2 Å². The third kappa shape index (κ3) is 3.13. The summed E-state index contributed by atoms with van der Waals surface area (Å²) in [6, 6.07) is 0. The Morgan fingerprint density at radius 3 is 2.81 bits per heavy atom. The lowest BCUT2D eigenvalue weighted by Crippen LogP contribution is -2.42. The first-order valence-electron chi connectivity index (χ1n) is 6.63. The van der Waals surface area contributed by atoms with Crippen molar-refractivity contribution < 1.29 is 0 Å².